The van der Waals surface area contributed by atoms with Crippen LogP contribution in [0.4, 0.5) is 5.82 Å². The number of pyridine rings is 3. The first-order valence-corrected chi connectivity index (χ1v) is 11.8. The highest BCUT2D eigenvalue weighted by molar-refractivity contribution is 7.89. The zero-order valence-electron chi connectivity index (χ0n) is 17.3. The summed E-state index contributed by atoms with van der Waals surface area (Å²) in [6.45, 7) is 3.81. The zero-order valence-corrected chi connectivity index (χ0v) is 18.1. The van der Waals surface area contributed by atoms with Gasteiger partial charge in [-0.1, -0.05) is 6.07 Å². The van der Waals surface area contributed by atoms with E-state index in [0.29, 0.717) is 5.56 Å². The van der Waals surface area contributed by atoms with Crippen molar-refractivity contribution in [1.29, 1.82) is 0 Å². The molecule has 1 saturated heterocycles. The molecular weight excluding hydrogens is 424 g/mol. The van der Waals surface area contributed by atoms with Crippen LogP contribution in [0.25, 0.3) is 33.2 Å². The van der Waals surface area contributed by atoms with Crippen molar-refractivity contribution in [3.05, 3.63) is 67.3 Å². The van der Waals surface area contributed by atoms with Crippen LogP contribution in [-0.4, -0.2) is 49.5 Å². The molecule has 3 aromatic heterocycles. The summed E-state index contributed by atoms with van der Waals surface area (Å²) in [5.74, 6) is 0.972. The second-order valence-corrected chi connectivity index (χ2v) is 9.25. The Morgan fingerprint density at radius 3 is 2.44 bits per heavy atom. The molecule has 0 aliphatic carbocycles. The summed E-state index contributed by atoms with van der Waals surface area (Å²) in [6, 6.07) is 13.4. The van der Waals surface area contributed by atoms with Crippen LogP contribution in [0.2, 0.25) is 0 Å². The van der Waals surface area contributed by atoms with Gasteiger partial charge in [-0.3, -0.25) is 9.97 Å². The number of hydrogen-bond acceptors (Lipinski definition) is 7. The molecule has 5 rings (SSSR count). The predicted molar refractivity (Wildman–Crippen MR) is 125 cm³/mol. The minimum absolute atomic E-state index is 0.0193. The number of rotatable bonds is 4. The highest BCUT2D eigenvalue weighted by Crippen LogP contribution is 2.32. The summed E-state index contributed by atoms with van der Waals surface area (Å²) in [5, 5.41) is 9.57. The number of fused-ring (bicyclic) bond motifs is 1. The van der Waals surface area contributed by atoms with Crippen LogP contribution in [0, 0.1) is 0 Å². The summed E-state index contributed by atoms with van der Waals surface area (Å²) in [6.07, 6.45) is 6.54. The van der Waals surface area contributed by atoms with Crippen LogP contribution in [0.5, 0.6) is 0 Å². The van der Waals surface area contributed by atoms with Gasteiger partial charge >= 0.3 is 0 Å². The lowest BCUT2D eigenvalue weighted by atomic mass is 9.99. The van der Waals surface area contributed by atoms with Gasteiger partial charge in [-0.2, -0.15) is 0 Å². The molecule has 0 amide bonds. The van der Waals surface area contributed by atoms with Crippen LogP contribution in [0.1, 0.15) is 0 Å². The number of primary sulfonamides is 1. The fourth-order valence-corrected chi connectivity index (χ4v) is 4.44. The standard InChI is InChI=1S/C23H22N6O2S/c24-32(30,31)19-11-18(13-26-15-19)16-1-3-22-21(12-16)20(5-6-27-22)17-2-4-23(28-14-17)29-9-7-25-8-10-29/h1-6,11-15,25H,7-10H2,(H2,24,30,31). The number of nitrogens with one attached hydrogen (secondary N) is 1. The van der Waals surface area contributed by atoms with Gasteiger partial charge in [0.05, 0.1) is 5.52 Å². The lowest BCUT2D eigenvalue weighted by Crippen LogP contribution is -2.43. The van der Waals surface area contributed by atoms with E-state index in [-0.39, 0.29) is 4.90 Å². The maximum atomic E-state index is 11.7. The number of nitrogens with two attached hydrogens (primary N) is 1. The molecule has 1 aromatic carbocycles. The van der Waals surface area contributed by atoms with Gasteiger partial charge in [-0.05, 0) is 47.5 Å². The number of anilines is 1. The summed E-state index contributed by atoms with van der Waals surface area (Å²) in [5.41, 5.74) is 4.33. The van der Waals surface area contributed by atoms with E-state index in [1.165, 1.54) is 12.3 Å². The van der Waals surface area contributed by atoms with Crippen LogP contribution < -0.4 is 15.4 Å². The average molecular weight is 447 g/mol. The van der Waals surface area contributed by atoms with Gasteiger partial charge in [0.25, 0.3) is 0 Å². The van der Waals surface area contributed by atoms with Crippen LogP contribution in [0.3, 0.4) is 0 Å². The van der Waals surface area contributed by atoms with E-state index in [0.717, 1.165) is 59.6 Å². The largest absolute Gasteiger partial charge is 0.354 e. The maximum absolute atomic E-state index is 11.7. The molecule has 8 nitrogen and oxygen atoms in total. The molecule has 162 valence electrons. The Bertz CT molecular complexity index is 1380. The van der Waals surface area contributed by atoms with E-state index in [1.807, 2.05) is 30.5 Å². The van der Waals surface area contributed by atoms with Gasteiger partial charge in [0.1, 0.15) is 10.7 Å². The van der Waals surface area contributed by atoms with Gasteiger partial charge in [0.15, 0.2) is 0 Å². The lowest BCUT2D eigenvalue weighted by molar-refractivity contribution is 0.585. The van der Waals surface area contributed by atoms with E-state index in [9.17, 15) is 8.42 Å². The topological polar surface area (TPSA) is 114 Å². The Morgan fingerprint density at radius 2 is 1.69 bits per heavy atom. The van der Waals surface area contributed by atoms with Crippen molar-refractivity contribution in [2.75, 3.05) is 31.1 Å². The molecule has 0 radical (unpaired) electrons. The molecule has 0 unspecified atom stereocenters. The molecule has 1 aliphatic rings. The third kappa shape index (κ3) is 4.05. The van der Waals surface area contributed by atoms with Gasteiger partial charge in [0.2, 0.25) is 10.0 Å². The molecule has 0 spiro atoms. The van der Waals surface area contributed by atoms with Gasteiger partial charge in [-0.15, -0.1) is 0 Å². The number of benzene rings is 1. The molecule has 0 saturated carbocycles. The predicted octanol–water partition coefficient (Wildman–Crippen LogP) is 2.42. The van der Waals surface area contributed by atoms with Crippen LogP contribution >= 0.6 is 0 Å². The molecule has 1 fully saturated rings. The van der Waals surface area contributed by atoms with Crippen molar-refractivity contribution in [2.45, 2.75) is 4.90 Å². The molecule has 3 N–H and O–H groups in total. The van der Waals surface area contributed by atoms with E-state index < -0.39 is 10.0 Å². The number of sulfonamides is 1. The van der Waals surface area contributed by atoms with E-state index in [2.05, 4.69) is 32.3 Å². The maximum Gasteiger partial charge on any atom is 0.239 e. The Morgan fingerprint density at radius 1 is 0.875 bits per heavy atom. The summed E-state index contributed by atoms with van der Waals surface area (Å²) >= 11 is 0. The fourth-order valence-electron chi connectivity index (χ4n) is 3.94. The number of nitrogens with zero attached hydrogens (tertiary/aromatic N) is 4. The molecular formula is C23H22N6O2S. The second kappa shape index (κ2) is 8.27. The van der Waals surface area contributed by atoms with Crippen molar-refractivity contribution in [3.63, 3.8) is 0 Å². The summed E-state index contributed by atoms with van der Waals surface area (Å²) < 4.78 is 23.4. The minimum Gasteiger partial charge on any atom is -0.354 e. The van der Waals surface area contributed by atoms with Gasteiger partial charge in [-0.25, -0.2) is 18.5 Å². The second-order valence-electron chi connectivity index (χ2n) is 7.69. The Balaban J connectivity index is 1.55. The quantitative estimate of drug-likeness (QED) is 0.495. The summed E-state index contributed by atoms with van der Waals surface area (Å²) in [7, 11) is -3.83. The number of aromatic nitrogens is 3. The highest BCUT2D eigenvalue weighted by Gasteiger charge is 2.14. The molecule has 0 bridgehead atoms. The molecule has 4 aromatic rings. The fraction of sp³-hybridized carbons (Fsp3) is 0.174. The first-order valence-electron chi connectivity index (χ1n) is 10.3. The normalized spacial score (nSPS) is 14.6. The third-order valence-corrected chi connectivity index (χ3v) is 6.50. The number of piperazine rings is 1. The van der Waals surface area contributed by atoms with Crippen molar-refractivity contribution < 1.29 is 8.42 Å². The Hall–Kier alpha value is -3.40. The van der Waals surface area contributed by atoms with Crippen molar-refractivity contribution in [1.82, 2.24) is 20.3 Å². The van der Waals surface area contributed by atoms with Gasteiger partial charge < -0.3 is 10.2 Å². The molecule has 4 heterocycles. The third-order valence-electron chi connectivity index (χ3n) is 5.62. The highest BCUT2D eigenvalue weighted by atomic mass is 32.2. The number of hydrogen-bond donors (Lipinski definition) is 2. The van der Waals surface area contributed by atoms with Crippen LogP contribution in [0.15, 0.2) is 72.1 Å². The van der Waals surface area contributed by atoms with E-state index >= 15 is 0 Å². The Kier molecular flexibility index (Phi) is 5.30. The molecule has 0 atom stereocenters. The van der Waals surface area contributed by atoms with Gasteiger partial charge in [0, 0.05) is 67.5 Å². The lowest BCUT2D eigenvalue weighted by Gasteiger charge is -2.28. The van der Waals surface area contributed by atoms with Crippen molar-refractivity contribution in [2.24, 2.45) is 5.14 Å². The smallest absolute Gasteiger partial charge is 0.239 e. The average Bonchev–Trinajstić information content (AvgIpc) is 2.83. The summed E-state index contributed by atoms with van der Waals surface area (Å²) in [4.78, 5) is 15.5. The van der Waals surface area contributed by atoms with E-state index in [1.54, 1.807) is 12.4 Å². The first kappa shape index (κ1) is 20.5. The first-order chi connectivity index (χ1) is 15.5. The zero-order chi connectivity index (χ0) is 22.1. The van der Waals surface area contributed by atoms with Crippen molar-refractivity contribution in [3.8, 4) is 22.3 Å². The van der Waals surface area contributed by atoms with Crippen molar-refractivity contribution >= 4 is 26.7 Å². The molecule has 32 heavy (non-hydrogen) atoms. The van der Waals surface area contributed by atoms with E-state index in [4.69, 9.17) is 10.1 Å². The molecule has 1 aliphatic heterocycles. The van der Waals surface area contributed by atoms with Crippen LogP contribution in [-0.2, 0) is 10.0 Å². The monoisotopic (exact) mass is 446 g/mol. The SMILES string of the molecule is NS(=O)(=O)c1cncc(-c2ccc3nccc(-c4ccc(N5CCNCC5)nc4)c3c2)c1. The molecule has 9 heteroatoms. The Labute approximate surface area is 186 Å². The minimum atomic E-state index is -3.83.